The van der Waals surface area contributed by atoms with E-state index in [1.54, 1.807) is 26.8 Å². The molecule has 0 bridgehead atoms. The Morgan fingerprint density at radius 3 is 2.16 bits per heavy atom. The van der Waals surface area contributed by atoms with E-state index in [4.69, 9.17) is 18.9 Å². The number of carbonyl (C=O) groups is 3. The molecule has 25 heavy (non-hydrogen) atoms. The molecular formula is C16H24N2O7. The van der Waals surface area contributed by atoms with Crippen LogP contribution in [0.2, 0.25) is 0 Å². The van der Waals surface area contributed by atoms with E-state index < -0.39 is 12.2 Å². The fourth-order valence-corrected chi connectivity index (χ4v) is 3.00. The van der Waals surface area contributed by atoms with Crippen molar-refractivity contribution < 1.29 is 33.3 Å². The number of hydrazine groups is 1. The highest BCUT2D eigenvalue weighted by Gasteiger charge is 2.61. The van der Waals surface area contributed by atoms with Crippen molar-refractivity contribution in [2.75, 3.05) is 26.9 Å². The summed E-state index contributed by atoms with van der Waals surface area (Å²) in [6, 6.07) is -0.383. The van der Waals surface area contributed by atoms with Crippen LogP contribution in [0.25, 0.3) is 0 Å². The highest BCUT2D eigenvalue weighted by Crippen LogP contribution is 2.51. The molecule has 1 aliphatic carbocycles. The Balaban J connectivity index is 2.27. The van der Waals surface area contributed by atoms with Crippen LogP contribution in [0.4, 0.5) is 9.59 Å². The first-order valence-corrected chi connectivity index (χ1v) is 8.34. The third-order valence-electron chi connectivity index (χ3n) is 4.04. The molecule has 1 heterocycles. The van der Waals surface area contributed by atoms with Crippen LogP contribution in [0.1, 0.15) is 27.2 Å². The lowest BCUT2D eigenvalue weighted by Gasteiger charge is -2.35. The van der Waals surface area contributed by atoms with Crippen LogP contribution < -0.4 is 0 Å². The number of hydrogen-bond acceptors (Lipinski definition) is 7. The lowest BCUT2D eigenvalue weighted by atomic mass is 10.2. The van der Waals surface area contributed by atoms with E-state index in [1.807, 2.05) is 0 Å². The van der Waals surface area contributed by atoms with Crippen LogP contribution >= 0.6 is 0 Å². The van der Waals surface area contributed by atoms with E-state index in [2.05, 4.69) is 0 Å². The van der Waals surface area contributed by atoms with Gasteiger partial charge in [0.15, 0.2) is 0 Å². The lowest BCUT2D eigenvalue weighted by molar-refractivity contribution is -0.143. The Hall–Kier alpha value is -2.45. The molecule has 0 aromatic carbocycles. The fraction of sp³-hybridized carbons (Fsp3) is 0.688. The summed E-state index contributed by atoms with van der Waals surface area (Å²) >= 11 is 0. The normalized spacial score (nSPS) is 24.0. The summed E-state index contributed by atoms with van der Waals surface area (Å²) in [5.41, 5.74) is 0. The summed E-state index contributed by atoms with van der Waals surface area (Å²) in [4.78, 5) is 36.5. The first-order valence-electron chi connectivity index (χ1n) is 8.34. The van der Waals surface area contributed by atoms with Crippen molar-refractivity contribution in [3.05, 3.63) is 12.0 Å². The maximum absolute atomic E-state index is 12.4. The molecule has 2 aliphatic rings. The molecule has 9 nitrogen and oxygen atoms in total. The topological polar surface area (TPSA) is 94.6 Å². The van der Waals surface area contributed by atoms with Gasteiger partial charge in [-0.05, 0) is 26.8 Å². The van der Waals surface area contributed by atoms with Crippen molar-refractivity contribution in [2.45, 2.75) is 33.2 Å². The second kappa shape index (κ2) is 8.09. The van der Waals surface area contributed by atoms with Crippen LogP contribution in [-0.4, -0.2) is 61.1 Å². The molecule has 140 valence electrons. The third-order valence-corrected chi connectivity index (χ3v) is 4.04. The van der Waals surface area contributed by atoms with Gasteiger partial charge in [0.05, 0.1) is 39.4 Å². The van der Waals surface area contributed by atoms with E-state index in [1.165, 1.54) is 12.1 Å². The van der Waals surface area contributed by atoms with E-state index in [9.17, 15) is 14.4 Å². The molecular weight excluding hydrogens is 332 g/mol. The zero-order chi connectivity index (χ0) is 18.6. The molecule has 0 aromatic rings. The van der Waals surface area contributed by atoms with Crippen molar-refractivity contribution in [3.8, 4) is 0 Å². The average molecular weight is 356 g/mol. The number of esters is 1. The predicted molar refractivity (Wildman–Crippen MR) is 84.8 cm³/mol. The van der Waals surface area contributed by atoms with E-state index in [0.29, 0.717) is 0 Å². The highest BCUT2D eigenvalue weighted by molar-refractivity contribution is 5.78. The Kier molecular flexibility index (Phi) is 6.11. The van der Waals surface area contributed by atoms with Gasteiger partial charge in [0.2, 0.25) is 5.88 Å². The van der Waals surface area contributed by atoms with Crippen LogP contribution in [0.5, 0.6) is 0 Å². The summed E-state index contributed by atoms with van der Waals surface area (Å²) in [6.45, 7) is 5.65. The Morgan fingerprint density at radius 2 is 1.60 bits per heavy atom. The minimum absolute atomic E-state index is 0.116. The van der Waals surface area contributed by atoms with Gasteiger partial charge in [-0.3, -0.25) is 4.79 Å². The second-order valence-corrected chi connectivity index (χ2v) is 5.50. The summed E-state index contributed by atoms with van der Waals surface area (Å²) in [7, 11) is 1.39. The van der Waals surface area contributed by atoms with Crippen LogP contribution in [-0.2, 0) is 23.7 Å². The molecule has 0 spiro atoms. The molecule has 0 N–H and O–H groups in total. The van der Waals surface area contributed by atoms with Gasteiger partial charge < -0.3 is 18.9 Å². The standard InChI is InChI=1S/C16H24N2O7/c1-5-23-13(19)9-11-10-8-12(22-4)17(15(20)24-6-2)18(14(10)11)16(21)25-7-3/h8,10-11,14H,5-7,9H2,1-4H3/t10-,11+,14-/m1/s1. The summed E-state index contributed by atoms with van der Waals surface area (Å²) in [5, 5.41) is 2.20. The number of nitrogens with zero attached hydrogens (tertiary/aromatic N) is 2. The monoisotopic (exact) mass is 356 g/mol. The molecule has 2 amide bonds. The Bertz CT molecular complexity index is 563. The van der Waals surface area contributed by atoms with E-state index in [0.717, 1.165) is 5.01 Å². The summed E-state index contributed by atoms with van der Waals surface area (Å²) < 4.78 is 20.3. The molecule has 9 heteroatoms. The third kappa shape index (κ3) is 3.80. The van der Waals surface area contributed by atoms with Crippen LogP contribution in [0, 0.1) is 11.8 Å². The van der Waals surface area contributed by atoms with Gasteiger partial charge in [0.25, 0.3) is 0 Å². The molecule has 0 saturated heterocycles. The minimum atomic E-state index is -0.746. The zero-order valence-electron chi connectivity index (χ0n) is 14.9. The molecule has 0 radical (unpaired) electrons. The smallest absolute Gasteiger partial charge is 0.436 e. The molecule has 1 fully saturated rings. The lowest BCUT2D eigenvalue weighted by Crippen LogP contribution is -2.53. The molecule has 2 rings (SSSR count). The number of methoxy groups -OCH3 is 1. The number of rotatable bonds is 6. The number of fused-ring (bicyclic) bond motifs is 1. The SMILES string of the molecule is CCOC(=O)C[C@H]1[C@H]2C=C(OC)N(C(=O)OCC)N(C(=O)OCC)[C@H]21. The van der Waals surface area contributed by atoms with Crippen LogP contribution in [0.3, 0.4) is 0 Å². The van der Waals surface area contributed by atoms with Crippen LogP contribution in [0.15, 0.2) is 12.0 Å². The highest BCUT2D eigenvalue weighted by atomic mass is 16.6. The van der Waals surface area contributed by atoms with Gasteiger partial charge in [-0.25, -0.2) is 14.6 Å². The molecule has 1 saturated carbocycles. The number of ether oxygens (including phenoxy) is 4. The minimum Gasteiger partial charge on any atom is -0.481 e. The van der Waals surface area contributed by atoms with Gasteiger partial charge >= 0.3 is 18.2 Å². The maximum atomic E-state index is 12.4. The molecule has 1 aliphatic heterocycles. The number of carbonyl (C=O) groups excluding carboxylic acids is 3. The summed E-state index contributed by atoms with van der Waals surface area (Å²) in [5.74, 6) is -0.470. The van der Waals surface area contributed by atoms with Gasteiger partial charge in [-0.2, -0.15) is 0 Å². The van der Waals surface area contributed by atoms with Crippen molar-refractivity contribution in [2.24, 2.45) is 11.8 Å². The summed E-state index contributed by atoms with van der Waals surface area (Å²) in [6.07, 6.45) is 0.424. The van der Waals surface area contributed by atoms with Crippen molar-refractivity contribution >= 4 is 18.2 Å². The van der Waals surface area contributed by atoms with Gasteiger partial charge in [-0.1, -0.05) is 0 Å². The quantitative estimate of drug-likeness (QED) is 0.530. The van der Waals surface area contributed by atoms with Gasteiger partial charge in [0, 0.05) is 11.8 Å². The predicted octanol–water partition coefficient (Wildman–Crippen LogP) is 1.89. The first kappa shape index (κ1) is 18.9. The first-order chi connectivity index (χ1) is 12.0. The van der Waals surface area contributed by atoms with Crippen molar-refractivity contribution in [1.29, 1.82) is 0 Å². The number of hydrogen-bond donors (Lipinski definition) is 0. The molecule has 0 unspecified atom stereocenters. The van der Waals surface area contributed by atoms with E-state index >= 15 is 0 Å². The zero-order valence-corrected chi connectivity index (χ0v) is 14.9. The van der Waals surface area contributed by atoms with Gasteiger partial charge in [0.1, 0.15) is 0 Å². The average Bonchev–Trinajstić information content (AvgIpc) is 3.25. The fourth-order valence-electron chi connectivity index (χ4n) is 3.00. The van der Waals surface area contributed by atoms with Crippen molar-refractivity contribution in [1.82, 2.24) is 10.0 Å². The number of amides is 2. The molecule has 3 atom stereocenters. The Labute approximate surface area is 146 Å². The Morgan fingerprint density at radius 1 is 1.00 bits per heavy atom. The van der Waals surface area contributed by atoms with Gasteiger partial charge in [-0.15, -0.1) is 5.01 Å². The maximum Gasteiger partial charge on any atom is 0.436 e. The largest absolute Gasteiger partial charge is 0.481 e. The van der Waals surface area contributed by atoms with E-state index in [-0.39, 0.29) is 56.0 Å². The van der Waals surface area contributed by atoms with Crippen molar-refractivity contribution in [3.63, 3.8) is 0 Å². The second-order valence-electron chi connectivity index (χ2n) is 5.50. The molecule has 0 aromatic heterocycles.